The first-order valence-corrected chi connectivity index (χ1v) is 9.94. The molecule has 0 aromatic heterocycles. The van der Waals surface area contributed by atoms with Gasteiger partial charge in [0.25, 0.3) is 5.91 Å². The van der Waals surface area contributed by atoms with Crippen LogP contribution in [-0.4, -0.2) is 31.0 Å². The molecule has 0 saturated heterocycles. The van der Waals surface area contributed by atoms with Crippen LogP contribution >= 0.6 is 11.6 Å². The zero-order valence-corrected chi connectivity index (χ0v) is 17.1. The third kappa shape index (κ3) is 6.89. The van der Waals surface area contributed by atoms with Crippen LogP contribution in [0.15, 0.2) is 48.5 Å². The van der Waals surface area contributed by atoms with Crippen LogP contribution in [0, 0.1) is 0 Å². The summed E-state index contributed by atoms with van der Waals surface area (Å²) < 4.78 is 5.64. The summed E-state index contributed by atoms with van der Waals surface area (Å²) >= 11 is 6.01. The van der Waals surface area contributed by atoms with Gasteiger partial charge in [-0.2, -0.15) is 0 Å². The Morgan fingerprint density at radius 1 is 1.11 bits per heavy atom. The summed E-state index contributed by atoms with van der Waals surface area (Å²) in [6.07, 6.45) is 2.85. The molecule has 0 radical (unpaired) electrons. The number of carbonyl (C=O) groups is 2. The number of unbranched alkanes of at least 4 members (excludes halogenated alkanes) is 1. The molecule has 2 amide bonds. The molecule has 0 bridgehead atoms. The quantitative estimate of drug-likeness (QED) is 0.590. The van der Waals surface area contributed by atoms with Crippen molar-refractivity contribution >= 4 is 23.4 Å². The smallest absolute Gasteiger partial charge is 0.253 e. The Labute approximate surface area is 171 Å². The molecule has 0 aliphatic carbocycles. The average molecular weight is 403 g/mol. The minimum Gasteiger partial charge on any atom is -0.494 e. The maximum Gasteiger partial charge on any atom is 0.253 e. The van der Waals surface area contributed by atoms with Gasteiger partial charge in [0.15, 0.2) is 0 Å². The molecule has 0 aliphatic rings. The lowest BCUT2D eigenvalue weighted by atomic mass is 10.1. The highest BCUT2D eigenvalue weighted by Crippen LogP contribution is 2.15. The van der Waals surface area contributed by atoms with Crippen LogP contribution in [-0.2, 0) is 11.2 Å². The minimum atomic E-state index is -0.655. The molecule has 1 atom stereocenters. The van der Waals surface area contributed by atoms with E-state index in [0.29, 0.717) is 23.6 Å². The van der Waals surface area contributed by atoms with E-state index in [4.69, 9.17) is 16.3 Å². The highest BCUT2D eigenvalue weighted by Gasteiger charge is 2.17. The van der Waals surface area contributed by atoms with E-state index in [1.807, 2.05) is 24.3 Å². The van der Waals surface area contributed by atoms with E-state index in [2.05, 4.69) is 17.6 Å². The average Bonchev–Trinajstić information content (AvgIpc) is 2.69. The highest BCUT2D eigenvalue weighted by atomic mass is 35.5. The van der Waals surface area contributed by atoms with E-state index < -0.39 is 6.04 Å². The maximum atomic E-state index is 12.2. The van der Waals surface area contributed by atoms with E-state index in [0.717, 1.165) is 30.8 Å². The predicted molar refractivity (Wildman–Crippen MR) is 112 cm³/mol. The molecule has 2 aromatic carbocycles. The number of rotatable bonds is 10. The van der Waals surface area contributed by atoms with Gasteiger partial charge >= 0.3 is 0 Å². The number of halogens is 1. The number of benzene rings is 2. The van der Waals surface area contributed by atoms with Crippen LogP contribution in [0.2, 0.25) is 5.02 Å². The summed E-state index contributed by atoms with van der Waals surface area (Å²) in [5.74, 6) is 0.254. The van der Waals surface area contributed by atoms with Crippen molar-refractivity contribution < 1.29 is 14.3 Å². The zero-order valence-electron chi connectivity index (χ0n) is 16.3. The molecule has 28 heavy (non-hydrogen) atoms. The molecule has 5 nitrogen and oxygen atoms in total. The van der Waals surface area contributed by atoms with Crippen LogP contribution in [0.25, 0.3) is 0 Å². The lowest BCUT2D eigenvalue weighted by Gasteiger charge is -2.15. The summed E-state index contributed by atoms with van der Waals surface area (Å²) in [6.45, 7) is 4.99. The Hall–Kier alpha value is -2.53. The van der Waals surface area contributed by atoms with Crippen molar-refractivity contribution in [2.75, 3.05) is 13.2 Å². The van der Waals surface area contributed by atoms with E-state index in [9.17, 15) is 9.59 Å². The van der Waals surface area contributed by atoms with Crippen molar-refractivity contribution in [2.24, 2.45) is 0 Å². The summed E-state index contributed by atoms with van der Waals surface area (Å²) in [5.41, 5.74) is 1.46. The van der Waals surface area contributed by atoms with Crippen molar-refractivity contribution in [3.63, 3.8) is 0 Å². The van der Waals surface area contributed by atoms with Gasteiger partial charge in [0.2, 0.25) is 5.91 Å². The van der Waals surface area contributed by atoms with E-state index in [-0.39, 0.29) is 11.8 Å². The van der Waals surface area contributed by atoms with Crippen LogP contribution in [0.5, 0.6) is 5.75 Å². The zero-order chi connectivity index (χ0) is 20.4. The topological polar surface area (TPSA) is 67.4 Å². The van der Waals surface area contributed by atoms with Gasteiger partial charge < -0.3 is 15.4 Å². The number of carbonyl (C=O) groups excluding carboxylic acids is 2. The van der Waals surface area contributed by atoms with Crippen molar-refractivity contribution in [1.82, 2.24) is 10.6 Å². The van der Waals surface area contributed by atoms with Crippen molar-refractivity contribution in [3.8, 4) is 5.75 Å². The van der Waals surface area contributed by atoms with Crippen molar-refractivity contribution in [2.45, 2.75) is 39.2 Å². The van der Waals surface area contributed by atoms with E-state index in [1.165, 1.54) is 0 Å². The molecule has 0 heterocycles. The standard InChI is InChI=1S/C22H27ClN2O3/c1-3-4-15-28-18-11-9-17(10-12-18)13-14-24-21(26)16(2)25-22(27)19-7-5-6-8-20(19)23/h5-12,16H,3-4,13-15H2,1-2H3,(H,24,26)(H,25,27). The number of amides is 2. The fourth-order valence-corrected chi connectivity index (χ4v) is 2.78. The Bertz CT molecular complexity index is 778. The van der Waals surface area contributed by atoms with Crippen LogP contribution in [0.4, 0.5) is 0 Å². The Morgan fingerprint density at radius 3 is 2.50 bits per heavy atom. The number of hydrogen-bond donors (Lipinski definition) is 2. The Morgan fingerprint density at radius 2 is 1.82 bits per heavy atom. The Kier molecular flexibility index (Phi) is 8.82. The summed E-state index contributed by atoms with van der Waals surface area (Å²) in [7, 11) is 0. The van der Waals surface area contributed by atoms with Gasteiger partial charge in [-0.25, -0.2) is 0 Å². The van der Waals surface area contributed by atoms with E-state index >= 15 is 0 Å². The van der Waals surface area contributed by atoms with Gasteiger partial charge in [-0.3, -0.25) is 9.59 Å². The monoisotopic (exact) mass is 402 g/mol. The third-order valence-corrected chi connectivity index (χ3v) is 4.59. The molecular weight excluding hydrogens is 376 g/mol. The SMILES string of the molecule is CCCCOc1ccc(CCNC(=O)C(C)NC(=O)c2ccccc2Cl)cc1. The highest BCUT2D eigenvalue weighted by molar-refractivity contribution is 6.33. The van der Waals surface area contributed by atoms with Crippen molar-refractivity contribution in [3.05, 3.63) is 64.7 Å². The molecule has 0 spiro atoms. The van der Waals surface area contributed by atoms with Gasteiger partial charge in [-0.15, -0.1) is 0 Å². The van der Waals surface area contributed by atoms with Crippen LogP contribution in [0.1, 0.15) is 42.6 Å². The number of hydrogen-bond acceptors (Lipinski definition) is 3. The normalized spacial score (nSPS) is 11.5. The number of nitrogens with one attached hydrogen (secondary N) is 2. The third-order valence-electron chi connectivity index (χ3n) is 4.26. The molecule has 1 unspecified atom stereocenters. The molecule has 0 saturated carbocycles. The fraction of sp³-hybridized carbons (Fsp3) is 0.364. The van der Waals surface area contributed by atoms with Gasteiger partial charge in [0.05, 0.1) is 17.2 Å². The minimum absolute atomic E-state index is 0.236. The van der Waals surface area contributed by atoms with Crippen LogP contribution in [0.3, 0.4) is 0 Å². The first-order valence-electron chi connectivity index (χ1n) is 9.56. The van der Waals surface area contributed by atoms with Gasteiger partial charge in [-0.1, -0.05) is 49.2 Å². The molecular formula is C22H27ClN2O3. The second-order valence-corrected chi connectivity index (χ2v) is 6.97. The molecule has 2 N–H and O–H groups in total. The first kappa shape index (κ1) is 21.8. The first-order chi connectivity index (χ1) is 13.5. The second-order valence-electron chi connectivity index (χ2n) is 6.56. The lowest BCUT2D eigenvalue weighted by Crippen LogP contribution is -2.45. The fourth-order valence-electron chi connectivity index (χ4n) is 2.56. The molecule has 150 valence electrons. The molecule has 6 heteroatoms. The van der Waals surface area contributed by atoms with E-state index in [1.54, 1.807) is 31.2 Å². The van der Waals surface area contributed by atoms with Gasteiger partial charge in [0.1, 0.15) is 11.8 Å². The Balaban J connectivity index is 1.74. The number of ether oxygens (including phenoxy) is 1. The van der Waals surface area contributed by atoms with Gasteiger partial charge in [0, 0.05) is 6.54 Å². The molecule has 0 fully saturated rings. The largest absolute Gasteiger partial charge is 0.494 e. The second kappa shape index (κ2) is 11.3. The van der Waals surface area contributed by atoms with Crippen molar-refractivity contribution in [1.29, 1.82) is 0 Å². The maximum absolute atomic E-state index is 12.2. The molecule has 2 aromatic rings. The summed E-state index contributed by atoms with van der Waals surface area (Å²) in [5, 5.41) is 5.86. The predicted octanol–water partition coefficient (Wildman–Crippen LogP) is 4.00. The molecule has 0 aliphatic heterocycles. The van der Waals surface area contributed by atoms with Gasteiger partial charge in [-0.05, 0) is 49.6 Å². The lowest BCUT2D eigenvalue weighted by molar-refractivity contribution is -0.122. The van der Waals surface area contributed by atoms with Crippen LogP contribution < -0.4 is 15.4 Å². The molecule has 2 rings (SSSR count). The summed E-state index contributed by atoms with van der Waals surface area (Å²) in [4.78, 5) is 24.4. The summed E-state index contributed by atoms with van der Waals surface area (Å²) in [6, 6.07) is 14.0.